The maximum Gasteiger partial charge on any atom is 0.124 e. The molecule has 120 valence electrons. The van der Waals surface area contributed by atoms with E-state index in [1.54, 1.807) is 12.1 Å². The topological polar surface area (TPSA) is 41.9 Å². The van der Waals surface area contributed by atoms with Crippen molar-refractivity contribution in [3.8, 4) is 11.5 Å². The van der Waals surface area contributed by atoms with E-state index in [1.165, 1.54) is 11.1 Å². The summed E-state index contributed by atoms with van der Waals surface area (Å²) in [4.78, 5) is 2.50. The standard InChI is InChI=1S/C19H21NO3/c21-15-7-5-14(6-8-15)17-13-23-18-4-2-1-3-16(18)19(17)20-9-11-22-12-10-20/h1-8,17,19,21H,9-13H2. The molecule has 4 nitrogen and oxygen atoms in total. The van der Waals surface area contributed by atoms with E-state index in [9.17, 15) is 5.11 Å². The molecule has 0 aliphatic carbocycles. The lowest BCUT2D eigenvalue weighted by molar-refractivity contribution is 0.000413. The lowest BCUT2D eigenvalue weighted by Crippen LogP contribution is -2.43. The summed E-state index contributed by atoms with van der Waals surface area (Å²) in [6.45, 7) is 4.09. The van der Waals surface area contributed by atoms with E-state index < -0.39 is 0 Å². The zero-order valence-corrected chi connectivity index (χ0v) is 13.0. The predicted molar refractivity (Wildman–Crippen MR) is 87.9 cm³/mol. The van der Waals surface area contributed by atoms with Gasteiger partial charge in [-0.15, -0.1) is 0 Å². The van der Waals surface area contributed by atoms with Crippen LogP contribution in [-0.4, -0.2) is 42.9 Å². The average molecular weight is 311 g/mol. The highest BCUT2D eigenvalue weighted by Crippen LogP contribution is 2.44. The molecule has 0 spiro atoms. The van der Waals surface area contributed by atoms with Gasteiger partial charge in [0.2, 0.25) is 0 Å². The van der Waals surface area contributed by atoms with E-state index in [0.717, 1.165) is 32.1 Å². The van der Waals surface area contributed by atoms with Crippen molar-refractivity contribution in [2.24, 2.45) is 0 Å². The molecule has 2 aromatic rings. The fraction of sp³-hybridized carbons (Fsp3) is 0.368. The summed E-state index contributed by atoms with van der Waals surface area (Å²) in [5, 5.41) is 9.57. The van der Waals surface area contributed by atoms with Crippen LogP contribution < -0.4 is 4.74 Å². The number of phenols is 1. The number of morpholine rings is 1. The third-order valence-corrected chi connectivity index (χ3v) is 4.80. The van der Waals surface area contributed by atoms with Gasteiger partial charge in [0.05, 0.1) is 19.8 Å². The van der Waals surface area contributed by atoms with E-state index in [1.807, 2.05) is 18.2 Å². The summed E-state index contributed by atoms with van der Waals surface area (Å²) < 4.78 is 11.6. The Morgan fingerprint density at radius 3 is 2.48 bits per heavy atom. The van der Waals surface area contributed by atoms with Crippen LogP contribution in [0.15, 0.2) is 48.5 Å². The molecule has 2 unspecified atom stereocenters. The number of phenolic OH excluding ortho intramolecular Hbond substituents is 1. The monoisotopic (exact) mass is 311 g/mol. The van der Waals surface area contributed by atoms with Gasteiger partial charge >= 0.3 is 0 Å². The number of benzene rings is 2. The predicted octanol–water partition coefficient (Wildman–Crippen LogP) is 2.94. The first-order valence-corrected chi connectivity index (χ1v) is 8.15. The van der Waals surface area contributed by atoms with Crippen LogP contribution in [0, 0.1) is 0 Å². The van der Waals surface area contributed by atoms with Gasteiger partial charge in [-0.1, -0.05) is 30.3 Å². The van der Waals surface area contributed by atoms with Crippen molar-refractivity contribution in [1.29, 1.82) is 0 Å². The molecular weight excluding hydrogens is 290 g/mol. The Kier molecular flexibility index (Phi) is 3.93. The Morgan fingerprint density at radius 2 is 1.70 bits per heavy atom. The lowest BCUT2D eigenvalue weighted by atomic mass is 9.84. The molecule has 2 aliphatic heterocycles. The Morgan fingerprint density at radius 1 is 0.957 bits per heavy atom. The van der Waals surface area contributed by atoms with Crippen molar-refractivity contribution >= 4 is 0 Å². The normalized spacial score (nSPS) is 24.7. The largest absolute Gasteiger partial charge is 0.508 e. The maximum absolute atomic E-state index is 9.57. The van der Waals surface area contributed by atoms with Crippen molar-refractivity contribution < 1.29 is 14.6 Å². The van der Waals surface area contributed by atoms with Crippen LogP contribution in [0.4, 0.5) is 0 Å². The van der Waals surface area contributed by atoms with E-state index in [0.29, 0.717) is 12.4 Å². The molecule has 0 saturated carbocycles. The zero-order chi connectivity index (χ0) is 15.6. The van der Waals surface area contributed by atoms with Crippen LogP contribution in [0.2, 0.25) is 0 Å². The van der Waals surface area contributed by atoms with E-state index in [-0.39, 0.29) is 12.0 Å². The SMILES string of the molecule is Oc1ccc(C2COc3ccccc3C2N2CCOCC2)cc1. The minimum absolute atomic E-state index is 0.253. The summed E-state index contributed by atoms with van der Waals surface area (Å²) >= 11 is 0. The minimum atomic E-state index is 0.253. The van der Waals surface area contributed by atoms with E-state index in [2.05, 4.69) is 23.1 Å². The van der Waals surface area contributed by atoms with Crippen molar-refractivity contribution in [2.75, 3.05) is 32.9 Å². The lowest BCUT2D eigenvalue weighted by Gasteiger charge is -2.42. The fourth-order valence-electron chi connectivity index (χ4n) is 3.65. The summed E-state index contributed by atoms with van der Waals surface area (Å²) in [6.07, 6.45) is 0. The van der Waals surface area contributed by atoms with Crippen LogP contribution in [0.1, 0.15) is 23.1 Å². The highest BCUT2D eigenvalue weighted by atomic mass is 16.5. The molecule has 1 fully saturated rings. The van der Waals surface area contributed by atoms with Gasteiger partial charge in [-0.05, 0) is 23.8 Å². The van der Waals surface area contributed by atoms with Gasteiger partial charge in [-0.25, -0.2) is 0 Å². The molecule has 0 bridgehead atoms. The van der Waals surface area contributed by atoms with Crippen LogP contribution in [0.5, 0.6) is 11.5 Å². The molecule has 1 saturated heterocycles. The molecule has 2 aliphatic rings. The third-order valence-electron chi connectivity index (χ3n) is 4.80. The summed E-state index contributed by atoms with van der Waals surface area (Å²) in [5.41, 5.74) is 2.45. The Balaban J connectivity index is 1.73. The van der Waals surface area contributed by atoms with Gasteiger partial charge in [0.1, 0.15) is 11.5 Å². The molecule has 4 heteroatoms. The molecule has 0 aromatic heterocycles. The van der Waals surface area contributed by atoms with Crippen LogP contribution in [0.25, 0.3) is 0 Å². The smallest absolute Gasteiger partial charge is 0.124 e. The first kappa shape index (κ1) is 14.5. The number of para-hydroxylation sites is 1. The summed E-state index contributed by atoms with van der Waals surface area (Å²) in [6, 6.07) is 16.1. The summed E-state index contributed by atoms with van der Waals surface area (Å²) in [7, 11) is 0. The number of hydrogen-bond donors (Lipinski definition) is 1. The van der Waals surface area contributed by atoms with Crippen molar-refractivity contribution in [3.63, 3.8) is 0 Å². The van der Waals surface area contributed by atoms with Gasteiger partial charge < -0.3 is 14.6 Å². The highest BCUT2D eigenvalue weighted by molar-refractivity contribution is 5.42. The maximum atomic E-state index is 9.57. The Bertz CT molecular complexity index is 665. The highest BCUT2D eigenvalue weighted by Gasteiger charge is 2.36. The second-order valence-electron chi connectivity index (χ2n) is 6.14. The van der Waals surface area contributed by atoms with Gasteiger partial charge in [0.15, 0.2) is 0 Å². The Labute approximate surface area is 136 Å². The average Bonchev–Trinajstić information content (AvgIpc) is 2.62. The minimum Gasteiger partial charge on any atom is -0.508 e. The Hall–Kier alpha value is -2.04. The first-order chi connectivity index (χ1) is 11.3. The van der Waals surface area contributed by atoms with Gasteiger partial charge in [0, 0.05) is 30.6 Å². The van der Waals surface area contributed by atoms with Crippen LogP contribution >= 0.6 is 0 Å². The van der Waals surface area contributed by atoms with E-state index >= 15 is 0 Å². The number of hydrogen-bond acceptors (Lipinski definition) is 4. The molecule has 2 aromatic carbocycles. The number of ether oxygens (including phenoxy) is 2. The van der Waals surface area contributed by atoms with Crippen LogP contribution in [0.3, 0.4) is 0 Å². The molecular formula is C19H21NO3. The second-order valence-corrected chi connectivity index (χ2v) is 6.14. The molecule has 0 radical (unpaired) electrons. The molecule has 23 heavy (non-hydrogen) atoms. The number of rotatable bonds is 2. The van der Waals surface area contributed by atoms with Crippen molar-refractivity contribution in [1.82, 2.24) is 4.90 Å². The number of nitrogens with zero attached hydrogens (tertiary/aromatic N) is 1. The quantitative estimate of drug-likeness (QED) is 0.926. The van der Waals surface area contributed by atoms with E-state index in [4.69, 9.17) is 9.47 Å². The molecule has 2 heterocycles. The van der Waals surface area contributed by atoms with Crippen molar-refractivity contribution in [3.05, 3.63) is 59.7 Å². The van der Waals surface area contributed by atoms with Gasteiger partial charge in [0.25, 0.3) is 0 Å². The summed E-state index contributed by atoms with van der Waals surface area (Å²) in [5.74, 6) is 1.54. The number of fused-ring (bicyclic) bond motifs is 1. The second kappa shape index (κ2) is 6.22. The molecule has 4 rings (SSSR count). The van der Waals surface area contributed by atoms with Crippen LogP contribution in [-0.2, 0) is 4.74 Å². The van der Waals surface area contributed by atoms with Crippen molar-refractivity contribution in [2.45, 2.75) is 12.0 Å². The molecule has 2 atom stereocenters. The first-order valence-electron chi connectivity index (χ1n) is 8.15. The number of aromatic hydroxyl groups is 1. The van der Waals surface area contributed by atoms with Gasteiger partial charge in [-0.3, -0.25) is 4.90 Å². The third kappa shape index (κ3) is 2.80. The fourth-order valence-corrected chi connectivity index (χ4v) is 3.65. The zero-order valence-electron chi connectivity index (χ0n) is 13.0. The molecule has 1 N–H and O–H groups in total. The molecule has 0 amide bonds. The van der Waals surface area contributed by atoms with Gasteiger partial charge in [-0.2, -0.15) is 0 Å².